The molecule has 0 aliphatic carbocycles. The third kappa shape index (κ3) is 11.4. The van der Waals surface area contributed by atoms with Gasteiger partial charge in [-0.2, -0.15) is 0 Å². The van der Waals surface area contributed by atoms with E-state index in [-0.39, 0.29) is 12.8 Å². The predicted molar refractivity (Wildman–Crippen MR) is 106 cm³/mol. The lowest BCUT2D eigenvalue weighted by Gasteiger charge is -2.26. The van der Waals surface area contributed by atoms with Crippen LogP contribution in [0.15, 0.2) is 0 Å². The number of aliphatic hydroxyl groups excluding tert-OH is 1. The van der Waals surface area contributed by atoms with Crippen LogP contribution in [-0.2, 0) is 28.5 Å². The molecule has 0 saturated carbocycles. The van der Waals surface area contributed by atoms with Gasteiger partial charge in [-0.15, -0.1) is 0 Å². The number of rotatable bonds is 8. The highest BCUT2D eigenvalue weighted by Crippen LogP contribution is 2.12. The molecule has 174 valence electrons. The molecule has 0 aliphatic rings. The second-order valence-corrected chi connectivity index (χ2v) is 8.51. The molecule has 0 radical (unpaired) electrons. The van der Waals surface area contributed by atoms with Crippen LogP contribution in [0.1, 0.15) is 54.4 Å². The Kier molecular flexibility index (Phi) is 10.6. The third-order valence-corrected chi connectivity index (χ3v) is 3.44. The molecule has 0 aromatic carbocycles. The number of esters is 2. The molecule has 0 bridgehead atoms. The lowest BCUT2D eigenvalue weighted by Crippen LogP contribution is -2.51. The first-order valence-corrected chi connectivity index (χ1v) is 9.42. The van der Waals surface area contributed by atoms with E-state index in [1.54, 1.807) is 41.5 Å². The van der Waals surface area contributed by atoms with Gasteiger partial charge in [0, 0.05) is 0 Å². The number of amides is 2. The summed E-state index contributed by atoms with van der Waals surface area (Å²) in [4.78, 5) is 47.9. The zero-order valence-electron chi connectivity index (χ0n) is 18.9. The van der Waals surface area contributed by atoms with Gasteiger partial charge in [-0.05, 0) is 54.4 Å². The van der Waals surface area contributed by atoms with Crippen LogP contribution in [0.4, 0.5) is 9.59 Å². The van der Waals surface area contributed by atoms with Crippen LogP contribution in [-0.4, -0.2) is 72.8 Å². The fourth-order valence-electron chi connectivity index (χ4n) is 2.22. The van der Waals surface area contributed by atoms with Crippen molar-refractivity contribution in [2.75, 3.05) is 14.2 Å². The maximum atomic E-state index is 12.0. The fraction of sp³-hybridized carbons (Fsp3) is 0.789. The van der Waals surface area contributed by atoms with E-state index in [9.17, 15) is 24.3 Å². The highest BCUT2D eigenvalue weighted by molar-refractivity contribution is 5.82. The van der Waals surface area contributed by atoms with E-state index < -0.39 is 53.5 Å². The Hall–Kier alpha value is -2.56. The number of carbonyl (C=O) groups is 4. The van der Waals surface area contributed by atoms with Crippen LogP contribution < -0.4 is 10.6 Å². The van der Waals surface area contributed by atoms with Crippen molar-refractivity contribution >= 4 is 24.1 Å². The van der Waals surface area contributed by atoms with Gasteiger partial charge in [0.2, 0.25) is 0 Å². The Labute approximate surface area is 176 Å². The van der Waals surface area contributed by atoms with Gasteiger partial charge < -0.3 is 34.7 Å². The standard InChI is InChI=1S/C19H34N2O9/c1-18(2,3)29-16(25)20-11(14(23)27-7)9-10-12(22)13(15(24)28-8)21-17(26)30-19(4,5)6/h11-13,22H,9-10H2,1-8H3,(H,20,25)(H,21,26)/t11-,12+,13+/m0/s1. The molecule has 0 aliphatic heterocycles. The summed E-state index contributed by atoms with van der Waals surface area (Å²) in [6.07, 6.45) is -3.46. The van der Waals surface area contributed by atoms with E-state index in [2.05, 4.69) is 20.1 Å². The summed E-state index contributed by atoms with van der Waals surface area (Å²) in [7, 11) is 2.24. The molecule has 0 saturated heterocycles. The number of carbonyl (C=O) groups excluding carboxylic acids is 4. The second kappa shape index (κ2) is 11.6. The third-order valence-electron chi connectivity index (χ3n) is 3.44. The Morgan fingerprint density at radius 1 is 0.767 bits per heavy atom. The van der Waals surface area contributed by atoms with Crippen molar-refractivity contribution in [2.24, 2.45) is 0 Å². The first kappa shape index (κ1) is 27.4. The minimum atomic E-state index is -1.44. The average Bonchev–Trinajstić information content (AvgIpc) is 2.58. The quantitative estimate of drug-likeness (QED) is 0.379. The molecule has 0 aromatic heterocycles. The lowest BCUT2D eigenvalue weighted by molar-refractivity contribution is -0.146. The molecule has 11 heteroatoms. The molecule has 0 aromatic rings. The summed E-state index contributed by atoms with van der Waals surface area (Å²) >= 11 is 0. The van der Waals surface area contributed by atoms with Gasteiger partial charge >= 0.3 is 24.1 Å². The van der Waals surface area contributed by atoms with Crippen LogP contribution in [0.25, 0.3) is 0 Å². The zero-order chi connectivity index (χ0) is 23.7. The van der Waals surface area contributed by atoms with Crippen molar-refractivity contribution in [3.05, 3.63) is 0 Å². The molecule has 2 amide bonds. The largest absolute Gasteiger partial charge is 0.467 e. The molecular weight excluding hydrogens is 400 g/mol. The molecule has 0 fully saturated rings. The molecule has 0 heterocycles. The van der Waals surface area contributed by atoms with E-state index in [0.29, 0.717) is 0 Å². The number of ether oxygens (including phenoxy) is 4. The van der Waals surface area contributed by atoms with Crippen LogP contribution in [0, 0.1) is 0 Å². The van der Waals surface area contributed by atoms with Crippen LogP contribution in [0.2, 0.25) is 0 Å². The Balaban J connectivity index is 5.13. The average molecular weight is 434 g/mol. The molecule has 0 rings (SSSR count). The van der Waals surface area contributed by atoms with Crippen LogP contribution in [0.5, 0.6) is 0 Å². The van der Waals surface area contributed by atoms with Crippen molar-refractivity contribution in [3.63, 3.8) is 0 Å². The van der Waals surface area contributed by atoms with Gasteiger partial charge in [0.05, 0.1) is 20.3 Å². The minimum absolute atomic E-state index is 0.101. The molecular formula is C19H34N2O9. The highest BCUT2D eigenvalue weighted by Gasteiger charge is 2.33. The summed E-state index contributed by atoms with van der Waals surface area (Å²) in [5.41, 5.74) is -1.60. The maximum Gasteiger partial charge on any atom is 0.408 e. The van der Waals surface area contributed by atoms with E-state index in [1.165, 1.54) is 0 Å². The first-order valence-electron chi connectivity index (χ1n) is 9.42. The number of alkyl carbamates (subject to hydrolysis) is 2. The number of hydrogen-bond donors (Lipinski definition) is 3. The SMILES string of the molecule is COC(=O)[C@H](CC[C@@H](O)[C@@H](NC(=O)OC(C)(C)C)C(=O)OC)NC(=O)OC(C)(C)C. The molecule has 0 unspecified atom stereocenters. The molecule has 3 N–H and O–H groups in total. The monoisotopic (exact) mass is 434 g/mol. The van der Waals surface area contributed by atoms with E-state index >= 15 is 0 Å². The number of methoxy groups -OCH3 is 2. The summed E-state index contributed by atoms with van der Waals surface area (Å²) in [6, 6.07) is -2.58. The van der Waals surface area contributed by atoms with Crippen LogP contribution >= 0.6 is 0 Å². The van der Waals surface area contributed by atoms with Gasteiger partial charge in [-0.25, -0.2) is 19.2 Å². The molecule has 0 spiro atoms. The maximum absolute atomic E-state index is 12.0. The van der Waals surface area contributed by atoms with E-state index in [0.717, 1.165) is 14.2 Å². The van der Waals surface area contributed by atoms with Crippen molar-refractivity contribution in [2.45, 2.75) is 83.8 Å². The summed E-state index contributed by atoms with van der Waals surface area (Å²) in [5.74, 6) is -1.66. The molecule has 11 nitrogen and oxygen atoms in total. The molecule has 3 atom stereocenters. The summed E-state index contributed by atoms with van der Waals surface area (Å²) < 4.78 is 19.4. The number of aliphatic hydroxyl groups is 1. The van der Waals surface area contributed by atoms with E-state index in [4.69, 9.17) is 9.47 Å². The highest BCUT2D eigenvalue weighted by atomic mass is 16.6. The smallest absolute Gasteiger partial charge is 0.408 e. The van der Waals surface area contributed by atoms with Gasteiger partial charge in [0.25, 0.3) is 0 Å². The second-order valence-electron chi connectivity index (χ2n) is 8.51. The Morgan fingerprint density at radius 2 is 1.20 bits per heavy atom. The van der Waals surface area contributed by atoms with Crippen molar-refractivity contribution in [3.8, 4) is 0 Å². The van der Waals surface area contributed by atoms with Crippen molar-refractivity contribution < 1.29 is 43.2 Å². The van der Waals surface area contributed by atoms with Crippen LogP contribution in [0.3, 0.4) is 0 Å². The normalized spacial score (nSPS) is 14.6. The van der Waals surface area contributed by atoms with Gasteiger partial charge in [-0.3, -0.25) is 0 Å². The first-order chi connectivity index (χ1) is 13.6. The Morgan fingerprint density at radius 3 is 1.60 bits per heavy atom. The number of nitrogens with one attached hydrogen (secondary N) is 2. The van der Waals surface area contributed by atoms with Gasteiger partial charge in [0.1, 0.15) is 17.2 Å². The zero-order valence-corrected chi connectivity index (χ0v) is 18.9. The summed E-state index contributed by atoms with van der Waals surface area (Å²) in [5, 5.41) is 15.0. The molecule has 30 heavy (non-hydrogen) atoms. The Bertz CT molecular complexity index is 608. The van der Waals surface area contributed by atoms with E-state index in [1.807, 2.05) is 0 Å². The lowest BCUT2D eigenvalue weighted by atomic mass is 10.0. The van der Waals surface area contributed by atoms with Gasteiger partial charge in [0.15, 0.2) is 6.04 Å². The topological polar surface area (TPSA) is 149 Å². The number of hydrogen-bond acceptors (Lipinski definition) is 9. The predicted octanol–water partition coefficient (Wildman–Crippen LogP) is 1.26. The van der Waals surface area contributed by atoms with Crippen molar-refractivity contribution in [1.29, 1.82) is 0 Å². The fourth-order valence-corrected chi connectivity index (χ4v) is 2.22. The minimum Gasteiger partial charge on any atom is -0.467 e. The summed E-state index contributed by atoms with van der Waals surface area (Å²) in [6.45, 7) is 9.89. The van der Waals surface area contributed by atoms with Gasteiger partial charge in [-0.1, -0.05) is 0 Å². The van der Waals surface area contributed by atoms with Crippen molar-refractivity contribution in [1.82, 2.24) is 10.6 Å².